The Labute approximate surface area is 140 Å². The number of unbranched alkanes of at least 4 members (excludes halogenated alkanes) is 5. The minimum absolute atomic E-state index is 0.813. The van der Waals surface area contributed by atoms with Crippen molar-refractivity contribution in [3.05, 3.63) is 48.5 Å². The Balaban J connectivity index is 1.75. The monoisotopic (exact) mass is 312 g/mol. The van der Waals surface area contributed by atoms with Crippen molar-refractivity contribution < 1.29 is 9.47 Å². The summed E-state index contributed by atoms with van der Waals surface area (Å²) in [5.41, 5.74) is 2.38. The van der Waals surface area contributed by atoms with E-state index in [1.807, 2.05) is 12.1 Å². The molecule has 0 aromatic heterocycles. The van der Waals surface area contributed by atoms with Gasteiger partial charge in [-0.3, -0.25) is 0 Å². The maximum atomic E-state index is 5.82. The fourth-order valence-corrected chi connectivity index (χ4v) is 2.60. The second-order valence-electron chi connectivity index (χ2n) is 5.87. The van der Waals surface area contributed by atoms with Crippen LogP contribution in [0.2, 0.25) is 0 Å². The van der Waals surface area contributed by atoms with Crippen LogP contribution < -0.4 is 9.47 Å². The highest BCUT2D eigenvalue weighted by Crippen LogP contribution is 2.24. The first-order valence-corrected chi connectivity index (χ1v) is 8.71. The van der Waals surface area contributed by atoms with E-state index >= 15 is 0 Å². The first kappa shape index (κ1) is 17.4. The van der Waals surface area contributed by atoms with E-state index in [0.29, 0.717) is 0 Å². The molecule has 0 saturated heterocycles. The topological polar surface area (TPSA) is 18.5 Å². The molecule has 0 fully saturated rings. The van der Waals surface area contributed by atoms with Crippen LogP contribution in [0, 0.1) is 0 Å². The van der Waals surface area contributed by atoms with Gasteiger partial charge >= 0.3 is 0 Å². The van der Waals surface area contributed by atoms with Crippen molar-refractivity contribution in [3.8, 4) is 22.6 Å². The van der Waals surface area contributed by atoms with Gasteiger partial charge in [0.2, 0.25) is 0 Å². The number of benzene rings is 2. The summed E-state index contributed by atoms with van der Waals surface area (Å²) in [6.07, 6.45) is 7.75. The molecule has 2 nitrogen and oxygen atoms in total. The van der Waals surface area contributed by atoms with E-state index in [4.69, 9.17) is 9.47 Å². The van der Waals surface area contributed by atoms with Gasteiger partial charge in [-0.15, -0.1) is 0 Å². The van der Waals surface area contributed by atoms with E-state index in [1.54, 1.807) is 7.11 Å². The minimum atomic E-state index is 0.813. The molecule has 2 aromatic rings. The van der Waals surface area contributed by atoms with Crippen LogP contribution in [-0.4, -0.2) is 13.7 Å². The van der Waals surface area contributed by atoms with Gasteiger partial charge in [-0.05, 0) is 41.8 Å². The van der Waals surface area contributed by atoms with Crippen LogP contribution in [0.3, 0.4) is 0 Å². The Morgan fingerprint density at radius 2 is 1.17 bits per heavy atom. The third-order valence-electron chi connectivity index (χ3n) is 4.04. The van der Waals surface area contributed by atoms with Gasteiger partial charge in [0, 0.05) is 0 Å². The average molecular weight is 312 g/mol. The lowest BCUT2D eigenvalue weighted by molar-refractivity contribution is 0.304. The van der Waals surface area contributed by atoms with Crippen LogP contribution in [0.1, 0.15) is 45.4 Å². The van der Waals surface area contributed by atoms with E-state index in [2.05, 4.69) is 43.3 Å². The average Bonchev–Trinajstić information content (AvgIpc) is 2.61. The van der Waals surface area contributed by atoms with Crippen molar-refractivity contribution in [2.24, 2.45) is 0 Å². The minimum Gasteiger partial charge on any atom is -0.497 e. The number of hydrogen-bond acceptors (Lipinski definition) is 2. The molecular weight excluding hydrogens is 284 g/mol. The van der Waals surface area contributed by atoms with Gasteiger partial charge in [0.15, 0.2) is 0 Å². The number of methoxy groups -OCH3 is 1. The highest BCUT2D eigenvalue weighted by atomic mass is 16.5. The molecule has 0 atom stereocenters. The highest BCUT2D eigenvalue weighted by molar-refractivity contribution is 5.64. The molecule has 2 heteroatoms. The molecule has 2 aromatic carbocycles. The first-order valence-electron chi connectivity index (χ1n) is 8.71. The predicted molar refractivity (Wildman–Crippen MR) is 97.3 cm³/mol. The summed E-state index contributed by atoms with van der Waals surface area (Å²) in [5.74, 6) is 1.84. The molecule has 0 aliphatic carbocycles. The molecule has 0 saturated carbocycles. The Bertz CT molecular complexity index is 543. The summed E-state index contributed by atoms with van der Waals surface area (Å²) in [5, 5.41) is 0. The largest absolute Gasteiger partial charge is 0.497 e. The summed E-state index contributed by atoms with van der Waals surface area (Å²) < 4.78 is 11.0. The van der Waals surface area contributed by atoms with Crippen molar-refractivity contribution in [1.29, 1.82) is 0 Å². The van der Waals surface area contributed by atoms with Crippen LogP contribution in [0.25, 0.3) is 11.1 Å². The van der Waals surface area contributed by atoms with Crippen molar-refractivity contribution in [2.75, 3.05) is 13.7 Å². The molecule has 0 amide bonds. The molecule has 2 rings (SSSR count). The lowest BCUT2D eigenvalue weighted by Gasteiger charge is -2.08. The second-order valence-corrected chi connectivity index (χ2v) is 5.87. The Morgan fingerprint density at radius 1 is 0.652 bits per heavy atom. The lowest BCUT2D eigenvalue weighted by Crippen LogP contribution is -1.97. The zero-order valence-corrected chi connectivity index (χ0v) is 14.4. The van der Waals surface area contributed by atoms with E-state index in [9.17, 15) is 0 Å². The number of rotatable bonds is 10. The van der Waals surface area contributed by atoms with E-state index in [0.717, 1.165) is 24.5 Å². The predicted octanol–water partition coefficient (Wildman–Crippen LogP) is 6.10. The van der Waals surface area contributed by atoms with Gasteiger partial charge in [0.25, 0.3) is 0 Å². The van der Waals surface area contributed by atoms with E-state index in [-0.39, 0.29) is 0 Å². The van der Waals surface area contributed by atoms with Gasteiger partial charge in [-0.2, -0.15) is 0 Å². The zero-order valence-electron chi connectivity index (χ0n) is 14.4. The maximum Gasteiger partial charge on any atom is 0.119 e. The van der Waals surface area contributed by atoms with Crippen molar-refractivity contribution in [3.63, 3.8) is 0 Å². The molecule has 0 radical (unpaired) electrons. The summed E-state index contributed by atoms with van der Waals surface area (Å²) in [4.78, 5) is 0. The van der Waals surface area contributed by atoms with Gasteiger partial charge in [-0.25, -0.2) is 0 Å². The fraction of sp³-hybridized carbons (Fsp3) is 0.429. The Morgan fingerprint density at radius 3 is 1.74 bits per heavy atom. The molecule has 0 spiro atoms. The molecule has 0 heterocycles. The Hall–Kier alpha value is -1.96. The van der Waals surface area contributed by atoms with Crippen LogP contribution in [0.15, 0.2) is 48.5 Å². The summed E-state index contributed by atoms with van der Waals surface area (Å²) in [7, 11) is 1.69. The van der Waals surface area contributed by atoms with Crippen molar-refractivity contribution in [2.45, 2.75) is 45.4 Å². The standard InChI is InChI=1S/C21H28O2/c1-3-4-5-6-7-8-17-23-21-15-11-19(12-16-21)18-9-13-20(22-2)14-10-18/h9-16H,3-8,17H2,1-2H3. The quantitative estimate of drug-likeness (QED) is 0.493. The summed E-state index contributed by atoms with van der Waals surface area (Å²) >= 11 is 0. The molecular formula is C21H28O2. The van der Waals surface area contributed by atoms with Crippen molar-refractivity contribution >= 4 is 0 Å². The molecule has 0 aliphatic rings. The van der Waals surface area contributed by atoms with Crippen LogP contribution in [0.5, 0.6) is 11.5 Å². The third kappa shape index (κ3) is 5.97. The fourth-order valence-electron chi connectivity index (χ4n) is 2.60. The van der Waals surface area contributed by atoms with Crippen LogP contribution in [0.4, 0.5) is 0 Å². The molecule has 0 N–H and O–H groups in total. The molecule has 0 bridgehead atoms. The molecule has 0 aliphatic heterocycles. The van der Waals surface area contributed by atoms with Crippen molar-refractivity contribution in [1.82, 2.24) is 0 Å². The normalized spacial score (nSPS) is 10.5. The summed E-state index contributed by atoms with van der Waals surface area (Å²) in [6, 6.07) is 16.4. The second kappa shape index (κ2) is 9.94. The first-order chi connectivity index (χ1) is 11.3. The smallest absolute Gasteiger partial charge is 0.119 e. The van der Waals surface area contributed by atoms with E-state index < -0.39 is 0 Å². The van der Waals surface area contributed by atoms with Crippen LogP contribution in [-0.2, 0) is 0 Å². The highest BCUT2D eigenvalue weighted by Gasteiger charge is 2.00. The van der Waals surface area contributed by atoms with Gasteiger partial charge in [0.05, 0.1) is 13.7 Å². The number of hydrogen-bond donors (Lipinski definition) is 0. The van der Waals surface area contributed by atoms with Crippen LogP contribution >= 0.6 is 0 Å². The zero-order chi connectivity index (χ0) is 16.3. The Kier molecular flexibility index (Phi) is 7.51. The molecule has 124 valence electrons. The van der Waals surface area contributed by atoms with Gasteiger partial charge in [0.1, 0.15) is 11.5 Å². The molecule has 23 heavy (non-hydrogen) atoms. The van der Waals surface area contributed by atoms with E-state index in [1.165, 1.54) is 43.2 Å². The molecule has 0 unspecified atom stereocenters. The van der Waals surface area contributed by atoms with Gasteiger partial charge < -0.3 is 9.47 Å². The lowest BCUT2D eigenvalue weighted by atomic mass is 10.1. The number of ether oxygens (including phenoxy) is 2. The SMILES string of the molecule is CCCCCCCCOc1ccc(-c2ccc(OC)cc2)cc1. The van der Waals surface area contributed by atoms with Gasteiger partial charge in [-0.1, -0.05) is 63.3 Å². The maximum absolute atomic E-state index is 5.82. The third-order valence-corrected chi connectivity index (χ3v) is 4.04. The summed E-state index contributed by atoms with van der Waals surface area (Å²) in [6.45, 7) is 3.06.